The molecule has 0 saturated heterocycles. The summed E-state index contributed by atoms with van der Waals surface area (Å²) in [6, 6.07) is 14.4. The van der Waals surface area contributed by atoms with Crippen molar-refractivity contribution in [3.63, 3.8) is 0 Å². The molecule has 0 aliphatic rings. The third-order valence-electron chi connectivity index (χ3n) is 2.73. The minimum atomic E-state index is 0.488. The summed E-state index contributed by atoms with van der Waals surface area (Å²) >= 11 is 0. The quantitative estimate of drug-likeness (QED) is 0.536. The number of aromatic nitrogens is 2. The second-order valence-corrected chi connectivity index (χ2v) is 4.00. The molecule has 3 rings (SSSR count). The molecule has 0 radical (unpaired) electrons. The summed E-state index contributed by atoms with van der Waals surface area (Å²) in [6.45, 7) is 0. The van der Waals surface area contributed by atoms with E-state index in [-0.39, 0.29) is 0 Å². The maximum Gasteiger partial charge on any atom is 0.240 e. The number of fused-ring (bicyclic) bond motifs is 1. The molecular weight excluding hydrogens is 254 g/mol. The van der Waals surface area contributed by atoms with Crippen molar-refractivity contribution in [1.82, 2.24) is 9.97 Å². The lowest BCUT2D eigenvalue weighted by atomic mass is 10.2. The number of rotatable bonds is 3. The molecule has 0 fully saturated rings. The van der Waals surface area contributed by atoms with Crippen LogP contribution >= 0.6 is 0 Å². The van der Waals surface area contributed by atoms with Crippen LogP contribution in [0.2, 0.25) is 0 Å². The fourth-order valence-corrected chi connectivity index (χ4v) is 1.81. The van der Waals surface area contributed by atoms with Gasteiger partial charge < -0.3 is 4.74 Å². The monoisotopic (exact) mass is 263 g/mol. The lowest BCUT2D eigenvalue weighted by Gasteiger charge is -2.06. The van der Waals surface area contributed by atoms with Crippen LogP contribution in [0.25, 0.3) is 10.9 Å². The first-order valence-corrected chi connectivity index (χ1v) is 5.92. The second-order valence-electron chi connectivity index (χ2n) is 4.00. The van der Waals surface area contributed by atoms with Crippen LogP contribution in [-0.4, -0.2) is 16.0 Å². The van der Waals surface area contributed by atoms with Gasteiger partial charge in [0.1, 0.15) is 12.1 Å². The van der Waals surface area contributed by atoms with Crippen molar-refractivity contribution in [2.24, 2.45) is 4.99 Å². The Morgan fingerprint density at radius 2 is 1.80 bits per heavy atom. The molecule has 3 aromatic rings. The Balaban J connectivity index is 1.95. The van der Waals surface area contributed by atoms with Crippen molar-refractivity contribution < 1.29 is 9.53 Å². The third-order valence-corrected chi connectivity index (χ3v) is 2.73. The van der Waals surface area contributed by atoms with Gasteiger partial charge in [0.15, 0.2) is 0 Å². The Hall–Kier alpha value is -3.04. The van der Waals surface area contributed by atoms with Gasteiger partial charge in [-0.15, -0.1) is 0 Å². The lowest BCUT2D eigenvalue weighted by Crippen LogP contribution is -1.90. The molecule has 1 aromatic heterocycles. The number of isocyanates is 1. The Bertz CT molecular complexity index is 788. The zero-order chi connectivity index (χ0) is 13.8. The Morgan fingerprint density at radius 1 is 1.00 bits per heavy atom. The molecule has 2 aromatic carbocycles. The van der Waals surface area contributed by atoms with Crippen LogP contribution in [-0.2, 0) is 4.79 Å². The minimum absolute atomic E-state index is 0.488. The molecule has 5 heteroatoms. The van der Waals surface area contributed by atoms with Gasteiger partial charge in [-0.3, -0.25) is 0 Å². The first-order chi connectivity index (χ1) is 9.86. The highest BCUT2D eigenvalue weighted by molar-refractivity contribution is 5.83. The van der Waals surface area contributed by atoms with E-state index in [1.807, 2.05) is 24.3 Å². The summed E-state index contributed by atoms with van der Waals surface area (Å²) in [7, 11) is 0. The van der Waals surface area contributed by atoms with Crippen LogP contribution in [0.4, 0.5) is 5.69 Å². The molecule has 0 bridgehead atoms. The smallest absolute Gasteiger partial charge is 0.240 e. The molecule has 0 atom stereocenters. The average Bonchev–Trinajstić information content (AvgIpc) is 2.50. The lowest BCUT2D eigenvalue weighted by molar-refractivity contribution is 0.468. The van der Waals surface area contributed by atoms with E-state index in [1.54, 1.807) is 24.3 Å². The highest BCUT2D eigenvalue weighted by Gasteiger charge is 2.05. The molecule has 0 spiro atoms. The number of aliphatic imine (C=N–C) groups is 1. The molecule has 0 saturated carbocycles. The molecule has 96 valence electrons. The van der Waals surface area contributed by atoms with Crippen LogP contribution < -0.4 is 4.74 Å². The van der Waals surface area contributed by atoms with E-state index in [2.05, 4.69) is 15.0 Å². The number of para-hydroxylation sites is 1. The zero-order valence-electron chi connectivity index (χ0n) is 10.4. The molecule has 1 heterocycles. The van der Waals surface area contributed by atoms with Gasteiger partial charge >= 0.3 is 0 Å². The van der Waals surface area contributed by atoms with E-state index in [4.69, 9.17) is 4.74 Å². The van der Waals surface area contributed by atoms with Crippen molar-refractivity contribution >= 4 is 22.7 Å². The summed E-state index contributed by atoms with van der Waals surface area (Å²) in [5.41, 5.74) is 1.35. The van der Waals surface area contributed by atoms with Crippen molar-refractivity contribution in [3.8, 4) is 11.6 Å². The summed E-state index contributed by atoms with van der Waals surface area (Å²) in [4.78, 5) is 22.0. The minimum Gasteiger partial charge on any atom is -0.438 e. The summed E-state index contributed by atoms with van der Waals surface area (Å²) in [5.74, 6) is 1.10. The number of nitrogens with zero attached hydrogens (tertiary/aromatic N) is 3. The van der Waals surface area contributed by atoms with E-state index < -0.39 is 0 Å². The van der Waals surface area contributed by atoms with Crippen LogP contribution in [0, 0.1) is 0 Å². The fourth-order valence-electron chi connectivity index (χ4n) is 1.81. The van der Waals surface area contributed by atoms with Gasteiger partial charge in [-0.05, 0) is 36.4 Å². The van der Waals surface area contributed by atoms with E-state index in [0.717, 1.165) is 10.9 Å². The number of benzene rings is 2. The van der Waals surface area contributed by atoms with Gasteiger partial charge in [-0.25, -0.2) is 14.8 Å². The topological polar surface area (TPSA) is 64.4 Å². The molecule has 0 unspecified atom stereocenters. The van der Waals surface area contributed by atoms with Crippen LogP contribution in [0.1, 0.15) is 0 Å². The summed E-state index contributed by atoms with van der Waals surface area (Å²) in [5, 5.41) is 0.838. The van der Waals surface area contributed by atoms with E-state index in [9.17, 15) is 4.79 Å². The van der Waals surface area contributed by atoms with Gasteiger partial charge in [-0.1, -0.05) is 12.1 Å². The van der Waals surface area contributed by atoms with Gasteiger partial charge in [-0.2, -0.15) is 4.99 Å². The largest absolute Gasteiger partial charge is 0.438 e. The van der Waals surface area contributed by atoms with Gasteiger partial charge in [0.25, 0.3) is 0 Å². The van der Waals surface area contributed by atoms with Gasteiger partial charge in [0.2, 0.25) is 12.0 Å². The Morgan fingerprint density at radius 3 is 2.60 bits per heavy atom. The van der Waals surface area contributed by atoms with E-state index in [1.165, 1.54) is 12.4 Å². The Kier molecular flexibility index (Phi) is 3.18. The first kappa shape index (κ1) is 12.0. The highest BCUT2D eigenvalue weighted by Crippen LogP contribution is 2.27. The van der Waals surface area contributed by atoms with Gasteiger partial charge in [0, 0.05) is 0 Å². The van der Waals surface area contributed by atoms with Crippen molar-refractivity contribution in [3.05, 3.63) is 54.9 Å². The van der Waals surface area contributed by atoms with Crippen LogP contribution in [0.3, 0.4) is 0 Å². The zero-order valence-corrected chi connectivity index (χ0v) is 10.4. The normalized spacial score (nSPS) is 10.0. The van der Waals surface area contributed by atoms with Crippen LogP contribution in [0.15, 0.2) is 59.9 Å². The number of carbonyl (C=O) groups excluding carboxylic acids is 1. The SMILES string of the molecule is O=C=Nc1ccc(Oc2ncnc3ccccc23)cc1. The average molecular weight is 263 g/mol. The predicted molar refractivity (Wildman–Crippen MR) is 73.8 cm³/mol. The summed E-state index contributed by atoms with van der Waals surface area (Å²) in [6.07, 6.45) is 2.95. The maximum atomic E-state index is 10.2. The predicted octanol–water partition coefficient (Wildman–Crippen LogP) is 3.39. The van der Waals surface area contributed by atoms with Crippen molar-refractivity contribution in [2.75, 3.05) is 0 Å². The molecule has 0 aliphatic carbocycles. The van der Waals surface area contributed by atoms with E-state index >= 15 is 0 Å². The number of hydrogen-bond donors (Lipinski definition) is 0. The van der Waals surface area contributed by atoms with Crippen molar-refractivity contribution in [1.29, 1.82) is 0 Å². The molecule has 0 aliphatic heterocycles. The molecule has 20 heavy (non-hydrogen) atoms. The van der Waals surface area contributed by atoms with Crippen LogP contribution in [0.5, 0.6) is 11.6 Å². The summed E-state index contributed by atoms with van der Waals surface area (Å²) < 4.78 is 5.73. The molecule has 0 amide bonds. The molecular formula is C15H9N3O2. The highest BCUT2D eigenvalue weighted by atomic mass is 16.5. The maximum absolute atomic E-state index is 10.2. The fraction of sp³-hybridized carbons (Fsp3) is 0. The first-order valence-electron chi connectivity index (χ1n) is 5.92. The van der Waals surface area contributed by atoms with Crippen molar-refractivity contribution in [2.45, 2.75) is 0 Å². The number of hydrogen-bond acceptors (Lipinski definition) is 5. The molecule has 5 nitrogen and oxygen atoms in total. The second kappa shape index (κ2) is 5.30. The van der Waals surface area contributed by atoms with E-state index in [0.29, 0.717) is 17.3 Å². The third kappa shape index (κ3) is 2.39. The standard InChI is InChI=1S/C15H9N3O2/c19-10-18-11-5-7-12(8-6-11)20-15-13-3-1-2-4-14(13)16-9-17-15/h1-9H. The van der Waals surface area contributed by atoms with Gasteiger partial charge in [0.05, 0.1) is 16.6 Å². The number of ether oxygens (including phenoxy) is 1. The molecule has 0 N–H and O–H groups in total. The Labute approximate surface area is 114 Å².